The number of phenols is 1. The first-order valence-electron chi connectivity index (χ1n) is 7.14. The van der Waals surface area contributed by atoms with Crippen molar-refractivity contribution in [3.05, 3.63) is 35.9 Å². The minimum absolute atomic E-state index is 0. The fourth-order valence-corrected chi connectivity index (χ4v) is 2.85. The van der Waals surface area contributed by atoms with Gasteiger partial charge in [-0.1, -0.05) is 44.6 Å². The van der Waals surface area contributed by atoms with Gasteiger partial charge in [0.05, 0.1) is 4.90 Å². The van der Waals surface area contributed by atoms with E-state index in [2.05, 4.69) is 26.8 Å². The number of phenolic OH excluding ortho intramolecular Hbond substituents is 1. The molecule has 1 unspecified atom stereocenters. The maximum Gasteiger partial charge on any atom is 1.00 e. The maximum atomic E-state index is 10.3. The molecule has 1 aliphatic carbocycles. The van der Waals surface area contributed by atoms with Crippen LogP contribution >= 0.6 is 0 Å². The van der Waals surface area contributed by atoms with Gasteiger partial charge in [0.15, 0.2) is 0 Å². The van der Waals surface area contributed by atoms with E-state index in [1.54, 1.807) is 5.57 Å². The molecule has 118 valence electrons. The number of hydrogen-bond donors (Lipinski definition) is 1. The number of allylic oxidation sites excluding steroid dienone is 2. The van der Waals surface area contributed by atoms with Crippen molar-refractivity contribution in [2.75, 3.05) is 0 Å². The minimum Gasteiger partial charge on any atom is -0.744 e. The van der Waals surface area contributed by atoms with Crippen LogP contribution in [0.15, 0.2) is 40.8 Å². The normalized spacial score (nSPS) is 17.9. The second-order valence-electron chi connectivity index (χ2n) is 5.74. The van der Waals surface area contributed by atoms with Gasteiger partial charge < -0.3 is 9.66 Å². The van der Waals surface area contributed by atoms with Crippen LogP contribution in [0.2, 0.25) is 0 Å². The molecule has 0 fully saturated rings. The third-order valence-corrected chi connectivity index (χ3v) is 4.41. The Bertz CT molecular complexity index is 594. The number of rotatable bonds is 2. The van der Waals surface area contributed by atoms with Gasteiger partial charge in [0.1, 0.15) is 15.9 Å². The number of aromatic hydroxyl groups is 1. The molecule has 0 aliphatic heterocycles. The zero-order valence-corrected chi connectivity index (χ0v) is 16.6. The average Bonchev–Trinajstić information content (AvgIpc) is 2.38. The van der Waals surface area contributed by atoms with Gasteiger partial charge in [-0.3, -0.25) is 0 Å². The van der Waals surface area contributed by atoms with Crippen molar-refractivity contribution in [3.8, 4) is 5.75 Å². The van der Waals surface area contributed by atoms with Gasteiger partial charge in [-0.2, -0.15) is 0 Å². The Morgan fingerprint density at radius 1 is 1.27 bits per heavy atom. The van der Waals surface area contributed by atoms with Gasteiger partial charge in [0, 0.05) is 0 Å². The average molecular weight is 334 g/mol. The van der Waals surface area contributed by atoms with E-state index in [9.17, 15) is 13.0 Å². The zero-order chi connectivity index (χ0) is 16.0. The summed E-state index contributed by atoms with van der Waals surface area (Å²) in [6.45, 7) is 6.95. The Morgan fingerprint density at radius 2 is 1.86 bits per heavy atom. The summed E-state index contributed by atoms with van der Waals surface area (Å²) in [6.07, 6.45) is 6.49. The van der Waals surface area contributed by atoms with E-state index in [4.69, 9.17) is 5.11 Å². The third-order valence-electron chi connectivity index (χ3n) is 3.53. The fraction of sp³-hybridized carbons (Fsp3) is 0.500. The Balaban J connectivity index is 0.000000385. The molecule has 4 nitrogen and oxygen atoms in total. The van der Waals surface area contributed by atoms with E-state index in [1.165, 1.54) is 31.4 Å². The van der Waals surface area contributed by atoms with Crippen molar-refractivity contribution in [3.63, 3.8) is 0 Å². The van der Waals surface area contributed by atoms with Crippen LogP contribution in [0.1, 0.15) is 40.0 Å². The Labute approximate surface area is 155 Å². The standard InChI is InChI=1S/C10H18.C6H6O4S.Na/c1-8(2)10-6-4-5-9(3)7-10;7-5-3-1-2-4-6(5)11(8,9)10;/h6,8-9H,4-5,7H2,1-3H3;1-4,7H,(H,8,9,10);/q;;+1/p-1. The first kappa shape index (κ1) is 21.7. The largest absolute Gasteiger partial charge is 1.00 e. The van der Waals surface area contributed by atoms with Crippen molar-refractivity contribution < 1.29 is 47.6 Å². The predicted octanol–water partition coefficient (Wildman–Crippen LogP) is 0.689. The summed E-state index contributed by atoms with van der Waals surface area (Å²) in [6, 6.07) is 5.00. The van der Waals surface area contributed by atoms with Crippen molar-refractivity contribution in [2.45, 2.75) is 44.9 Å². The molecule has 0 spiro atoms. The zero-order valence-electron chi connectivity index (χ0n) is 13.7. The summed E-state index contributed by atoms with van der Waals surface area (Å²) in [5, 5.41) is 8.87. The van der Waals surface area contributed by atoms with Crippen LogP contribution in [0.5, 0.6) is 5.75 Å². The van der Waals surface area contributed by atoms with Crippen LogP contribution in [0.25, 0.3) is 0 Å². The van der Waals surface area contributed by atoms with E-state index in [-0.39, 0.29) is 29.6 Å². The molecule has 1 aromatic carbocycles. The van der Waals surface area contributed by atoms with Crippen LogP contribution in [0, 0.1) is 11.8 Å². The van der Waals surface area contributed by atoms with Crippen molar-refractivity contribution >= 4 is 10.1 Å². The molecule has 0 saturated heterocycles. The molecule has 1 atom stereocenters. The van der Waals surface area contributed by atoms with Crippen molar-refractivity contribution in [2.24, 2.45) is 11.8 Å². The maximum absolute atomic E-state index is 10.3. The second-order valence-corrected chi connectivity index (χ2v) is 7.09. The van der Waals surface area contributed by atoms with Gasteiger partial charge in [-0.25, -0.2) is 8.42 Å². The molecule has 2 rings (SSSR count). The summed E-state index contributed by atoms with van der Waals surface area (Å²) in [5.74, 6) is 1.20. The fourth-order valence-electron chi connectivity index (χ4n) is 2.28. The van der Waals surface area contributed by atoms with Gasteiger partial charge in [0.25, 0.3) is 0 Å². The van der Waals surface area contributed by atoms with Gasteiger partial charge in [-0.05, 0) is 43.2 Å². The molecule has 0 aromatic heterocycles. The van der Waals surface area contributed by atoms with Gasteiger partial charge in [-0.15, -0.1) is 0 Å². The Hall–Kier alpha value is -0.330. The summed E-state index contributed by atoms with van der Waals surface area (Å²) < 4.78 is 31.0. The first-order chi connectivity index (χ1) is 9.71. The van der Waals surface area contributed by atoms with Crippen molar-refractivity contribution in [1.82, 2.24) is 0 Å². The SMILES string of the molecule is CC1CCC=C(C(C)C)C1.O=S(=O)([O-])c1ccccc1O.[Na+]. The quantitative estimate of drug-likeness (QED) is 0.490. The van der Waals surface area contributed by atoms with E-state index >= 15 is 0 Å². The smallest absolute Gasteiger partial charge is 0.744 e. The van der Waals surface area contributed by atoms with E-state index in [0.29, 0.717) is 0 Å². The summed E-state index contributed by atoms with van der Waals surface area (Å²) in [5.41, 5.74) is 1.68. The number of hydrogen-bond acceptors (Lipinski definition) is 4. The first-order valence-corrected chi connectivity index (χ1v) is 8.55. The predicted molar refractivity (Wildman–Crippen MR) is 82.0 cm³/mol. The topological polar surface area (TPSA) is 77.4 Å². The van der Waals surface area contributed by atoms with Crippen molar-refractivity contribution in [1.29, 1.82) is 0 Å². The molecule has 0 bridgehead atoms. The third kappa shape index (κ3) is 7.29. The summed E-state index contributed by atoms with van der Waals surface area (Å²) in [4.78, 5) is -0.583. The number of benzene rings is 1. The Morgan fingerprint density at radius 3 is 2.23 bits per heavy atom. The minimum atomic E-state index is -4.53. The molecule has 0 amide bonds. The van der Waals surface area contributed by atoms with Crippen LogP contribution in [-0.4, -0.2) is 18.1 Å². The monoisotopic (exact) mass is 334 g/mol. The van der Waals surface area contributed by atoms with Crippen LogP contribution in [0.3, 0.4) is 0 Å². The molecule has 6 heteroatoms. The van der Waals surface area contributed by atoms with Gasteiger partial charge >= 0.3 is 29.6 Å². The molecule has 1 N–H and O–H groups in total. The van der Waals surface area contributed by atoms with E-state index in [1.807, 2.05) is 0 Å². The molecule has 0 radical (unpaired) electrons. The van der Waals surface area contributed by atoms with Crippen LogP contribution < -0.4 is 29.6 Å². The molecule has 22 heavy (non-hydrogen) atoms. The number of para-hydroxylation sites is 1. The molecule has 0 heterocycles. The summed E-state index contributed by atoms with van der Waals surface area (Å²) >= 11 is 0. The summed E-state index contributed by atoms with van der Waals surface area (Å²) in [7, 11) is -4.53. The molecular formula is C16H23NaO4S. The molecule has 1 aliphatic rings. The molecular weight excluding hydrogens is 311 g/mol. The Kier molecular flexibility index (Phi) is 9.58. The molecule has 1 aromatic rings. The van der Waals surface area contributed by atoms with E-state index < -0.39 is 20.8 Å². The van der Waals surface area contributed by atoms with Crippen LogP contribution in [0.4, 0.5) is 0 Å². The van der Waals surface area contributed by atoms with Crippen LogP contribution in [-0.2, 0) is 10.1 Å². The van der Waals surface area contributed by atoms with E-state index in [0.717, 1.165) is 24.0 Å². The second kappa shape index (κ2) is 9.73. The van der Waals surface area contributed by atoms with Gasteiger partial charge in [0.2, 0.25) is 0 Å². The molecule has 0 saturated carbocycles.